The molecule has 1 aliphatic rings. The van der Waals surface area contributed by atoms with Gasteiger partial charge in [0.25, 0.3) is 0 Å². The van der Waals surface area contributed by atoms with Gasteiger partial charge in [-0.1, -0.05) is 0 Å². The van der Waals surface area contributed by atoms with Gasteiger partial charge in [-0.15, -0.1) is 0 Å². The predicted molar refractivity (Wildman–Crippen MR) is 59.1 cm³/mol. The van der Waals surface area contributed by atoms with Gasteiger partial charge in [-0.25, -0.2) is 4.79 Å². The third-order valence-corrected chi connectivity index (χ3v) is 2.74. The molecule has 0 aromatic heterocycles. The molecule has 0 bridgehead atoms. The highest BCUT2D eigenvalue weighted by atomic mass is 16.4. The number of hydrogen-bond donors (Lipinski definition) is 3. The topological polar surface area (TPSA) is 75.4 Å². The van der Waals surface area contributed by atoms with Crippen LogP contribution in [0, 0.1) is 0 Å². The van der Waals surface area contributed by atoms with Crippen molar-refractivity contribution in [3.63, 3.8) is 0 Å². The Kier molecular flexibility index (Phi) is 2.49. The Morgan fingerprint density at radius 3 is 2.73 bits per heavy atom. The lowest BCUT2D eigenvalue weighted by Crippen LogP contribution is -2.28. The zero-order chi connectivity index (χ0) is 10.8. The van der Waals surface area contributed by atoms with E-state index in [-0.39, 0.29) is 5.56 Å². The van der Waals surface area contributed by atoms with Gasteiger partial charge in [0.2, 0.25) is 0 Å². The summed E-state index contributed by atoms with van der Waals surface area (Å²) in [6.45, 7) is 0. The van der Waals surface area contributed by atoms with Crippen molar-refractivity contribution in [3.8, 4) is 0 Å². The molecule has 15 heavy (non-hydrogen) atoms. The molecule has 0 spiro atoms. The SMILES string of the molecule is Nc1ccc(C(=O)O)c(NC2CCC2)c1. The highest BCUT2D eigenvalue weighted by molar-refractivity contribution is 5.95. The maximum absolute atomic E-state index is 10.9. The molecule has 2 rings (SSSR count). The summed E-state index contributed by atoms with van der Waals surface area (Å²) in [6.07, 6.45) is 3.42. The summed E-state index contributed by atoms with van der Waals surface area (Å²) >= 11 is 0. The van der Waals surface area contributed by atoms with Crippen LogP contribution in [0.15, 0.2) is 18.2 Å². The third-order valence-electron chi connectivity index (χ3n) is 2.74. The normalized spacial score (nSPS) is 15.7. The van der Waals surface area contributed by atoms with E-state index in [0.717, 1.165) is 12.8 Å². The smallest absolute Gasteiger partial charge is 0.337 e. The Bertz CT molecular complexity index is 386. The first-order valence-corrected chi connectivity index (χ1v) is 5.06. The van der Waals surface area contributed by atoms with Crippen molar-refractivity contribution < 1.29 is 9.90 Å². The van der Waals surface area contributed by atoms with Gasteiger partial charge < -0.3 is 16.2 Å². The molecule has 0 aliphatic heterocycles. The minimum absolute atomic E-state index is 0.288. The lowest BCUT2D eigenvalue weighted by atomic mass is 9.92. The van der Waals surface area contributed by atoms with Crippen molar-refractivity contribution in [2.24, 2.45) is 0 Å². The minimum Gasteiger partial charge on any atom is -0.478 e. The van der Waals surface area contributed by atoms with Gasteiger partial charge >= 0.3 is 5.97 Å². The zero-order valence-corrected chi connectivity index (χ0v) is 8.36. The van der Waals surface area contributed by atoms with E-state index in [1.807, 2.05) is 0 Å². The third kappa shape index (κ3) is 2.03. The molecule has 1 fully saturated rings. The first-order chi connectivity index (χ1) is 7.16. The summed E-state index contributed by atoms with van der Waals surface area (Å²) in [6, 6.07) is 5.24. The largest absolute Gasteiger partial charge is 0.478 e. The Hall–Kier alpha value is -1.71. The van der Waals surface area contributed by atoms with E-state index in [2.05, 4.69) is 5.32 Å². The van der Waals surface area contributed by atoms with E-state index in [9.17, 15) is 4.79 Å². The molecule has 0 radical (unpaired) electrons. The van der Waals surface area contributed by atoms with Crippen LogP contribution in [0.5, 0.6) is 0 Å². The summed E-state index contributed by atoms with van der Waals surface area (Å²) in [7, 11) is 0. The molecule has 4 heteroatoms. The second kappa shape index (κ2) is 3.81. The van der Waals surface area contributed by atoms with E-state index in [4.69, 9.17) is 10.8 Å². The number of nitrogen functional groups attached to an aromatic ring is 1. The van der Waals surface area contributed by atoms with Gasteiger partial charge in [0, 0.05) is 11.7 Å². The highest BCUT2D eigenvalue weighted by Crippen LogP contribution is 2.26. The summed E-state index contributed by atoms with van der Waals surface area (Å²) in [4.78, 5) is 10.9. The summed E-state index contributed by atoms with van der Waals surface area (Å²) in [5.74, 6) is -0.920. The number of benzene rings is 1. The average molecular weight is 206 g/mol. The number of carboxylic acids is 1. The van der Waals surface area contributed by atoms with Crippen LogP contribution in [0.25, 0.3) is 0 Å². The molecule has 0 amide bonds. The Balaban J connectivity index is 2.24. The van der Waals surface area contributed by atoms with Crippen LogP contribution >= 0.6 is 0 Å². The fourth-order valence-electron chi connectivity index (χ4n) is 1.64. The molecule has 1 aromatic rings. The van der Waals surface area contributed by atoms with Gasteiger partial charge in [0.1, 0.15) is 0 Å². The number of carboxylic acid groups (broad SMARTS) is 1. The van der Waals surface area contributed by atoms with Crippen molar-refractivity contribution in [1.29, 1.82) is 0 Å². The lowest BCUT2D eigenvalue weighted by molar-refractivity contribution is 0.0698. The zero-order valence-electron chi connectivity index (χ0n) is 8.36. The maximum Gasteiger partial charge on any atom is 0.337 e. The number of rotatable bonds is 3. The molecule has 0 heterocycles. The molecule has 1 aromatic carbocycles. The molecular formula is C11H14N2O2. The Labute approximate surface area is 88.1 Å². The maximum atomic E-state index is 10.9. The quantitative estimate of drug-likeness (QED) is 0.660. The summed E-state index contributed by atoms with van der Waals surface area (Å²) in [5, 5.41) is 12.2. The van der Waals surface area contributed by atoms with Crippen molar-refractivity contribution in [1.82, 2.24) is 0 Å². The van der Waals surface area contributed by atoms with Crippen LogP contribution in [0.2, 0.25) is 0 Å². The second-order valence-corrected chi connectivity index (χ2v) is 3.88. The molecule has 80 valence electrons. The van der Waals surface area contributed by atoms with Crippen LogP contribution in [0.1, 0.15) is 29.6 Å². The predicted octanol–water partition coefficient (Wildman–Crippen LogP) is 1.93. The van der Waals surface area contributed by atoms with Gasteiger partial charge in [0.05, 0.1) is 11.3 Å². The first kappa shape index (κ1) is 9.83. The fraction of sp³-hybridized carbons (Fsp3) is 0.364. The van der Waals surface area contributed by atoms with E-state index in [1.54, 1.807) is 18.2 Å². The standard InChI is InChI=1S/C11H14N2O2/c12-7-4-5-9(11(14)15)10(6-7)13-8-2-1-3-8/h4-6,8,13H,1-3,12H2,(H,14,15). The van der Waals surface area contributed by atoms with Crippen molar-refractivity contribution in [2.75, 3.05) is 11.1 Å². The summed E-state index contributed by atoms with van der Waals surface area (Å²) < 4.78 is 0. The van der Waals surface area contributed by atoms with E-state index in [0.29, 0.717) is 17.4 Å². The number of hydrogen-bond acceptors (Lipinski definition) is 3. The van der Waals surface area contributed by atoms with Gasteiger partial charge in [-0.05, 0) is 37.5 Å². The highest BCUT2D eigenvalue weighted by Gasteiger charge is 2.19. The fourth-order valence-corrected chi connectivity index (χ4v) is 1.64. The number of nitrogens with two attached hydrogens (primary N) is 1. The van der Waals surface area contributed by atoms with Gasteiger partial charge in [-0.3, -0.25) is 0 Å². The monoisotopic (exact) mass is 206 g/mol. The van der Waals surface area contributed by atoms with Crippen LogP contribution in [0.4, 0.5) is 11.4 Å². The number of nitrogens with one attached hydrogen (secondary N) is 1. The van der Waals surface area contributed by atoms with Crippen molar-refractivity contribution in [2.45, 2.75) is 25.3 Å². The average Bonchev–Trinajstić information content (AvgIpc) is 2.11. The second-order valence-electron chi connectivity index (χ2n) is 3.88. The van der Waals surface area contributed by atoms with Crippen LogP contribution < -0.4 is 11.1 Å². The van der Waals surface area contributed by atoms with Crippen LogP contribution in [0.3, 0.4) is 0 Å². The molecule has 0 saturated heterocycles. The molecule has 4 nitrogen and oxygen atoms in total. The minimum atomic E-state index is -0.920. The van der Waals surface area contributed by atoms with E-state index < -0.39 is 5.97 Å². The summed E-state index contributed by atoms with van der Waals surface area (Å²) in [5.41, 5.74) is 7.13. The van der Waals surface area contributed by atoms with Gasteiger partial charge in [0.15, 0.2) is 0 Å². The van der Waals surface area contributed by atoms with Crippen LogP contribution in [-0.2, 0) is 0 Å². The van der Waals surface area contributed by atoms with Crippen LogP contribution in [-0.4, -0.2) is 17.1 Å². The molecule has 0 atom stereocenters. The van der Waals surface area contributed by atoms with Crippen molar-refractivity contribution >= 4 is 17.3 Å². The molecule has 1 saturated carbocycles. The number of carbonyl (C=O) groups is 1. The van der Waals surface area contributed by atoms with E-state index >= 15 is 0 Å². The molecule has 1 aliphatic carbocycles. The van der Waals surface area contributed by atoms with Crippen molar-refractivity contribution in [3.05, 3.63) is 23.8 Å². The first-order valence-electron chi connectivity index (χ1n) is 5.06. The Morgan fingerprint density at radius 1 is 1.47 bits per heavy atom. The lowest BCUT2D eigenvalue weighted by Gasteiger charge is -2.28. The van der Waals surface area contributed by atoms with E-state index in [1.165, 1.54) is 6.42 Å². The molecular weight excluding hydrogens is 192 g/mol. The molecule has 4 N–H and O–H groups in total. The molecule has 0 unspecified atom stereocenters. The number of anilines is 2. The Morgan fingerprint density at radius 2 is 2.20 bits per heavy atom. The van der Waals surface area contributed by atoms with Gasteiger partial charge in [-0.2, -0.15) is 0 Å². The number of aromatic carboxylic acids is 1.